The van der Waals surface area contributed by atoms with Crippen LogP contribution in [0, 0.1) is 5.82 Å². The fourth-order valence-corrected chi connectivity index (χ4v) is 2.95. The molecule has 2 N–H and O–H groups in total. The molecule has 1 fully saturated rings. The van der Waals surface area contributed by atoms with E-state index in [9.17, 15) is 4.39 Å². The van der Waals surface area contributed by atoms with Gasteiger partial charge in [0.15, 0.2) is 5.96 Å². The molecule has 0 aromatic heterocycles. The Bertz CT molecular complexity index is 532. The fraction of sp³-hybridized carbons (Fsp3) is 0.632. The van der Waals surface area contributed by atoms with E-state index >= 15 is 0 Å². The van der Waals surface area contributed by atoms with Crippen molar-refractivity contribution in [3.8, 4) is 5.75 Å². The molecule has 25 heavy (non-hydrogen) atoms. The summed E-state index contributed by atoms with van der Waals surface area (Å²) in [6, 6.07) is 6.26. The summed E-state index contributed by atoms with van der Waals surface area (Å²) in [7, 11) is 1.77. The van der Waals surface area contributed by atoms with Crippen LogP contribution in [0.1, 0.15) is 32.6 Å². The monoisotopic (exact) mass is 350 g/mol. The summed E-state index contributed by atoms with van der Waals surface area (Å²) >= 11 is 0. The van der Waals surface area contributed by atoms with Gasteiger partial charge in [-0.1, -0.05) is 13.0 Å². The molecule has 0 spiro atoms. The van der Waals surface area contributed by atoms with E-state index in [2.05, 4.69) is 27.4 Å². The lowest BCUT2D eigenvalue weighted by atomic mass is 10.2. The minimum atomic E-state index is -0.282. The van der Waals surface area contributed by atoms with Crippen molar-refractivity contribution in [2.45, 2.75) is 38.7 Å². The topological polar surface area (TPSA) is 48.9 Å². The van der Waals surface area contributed by atoms with E-state index in [1.54, 1.807) is 19.2 Å². The highest BCUT2D eigenvalue weighted by molar-refractivity contribution is 5.79. The quantitative estimate of drug-likeness (QED) is 0.408. The average Bonchev–Trinajstić information content (AvgIpc) is 3.13. The first-order chi connectivity index (χ1) is 12.2. The summed E-state index contributed by atoms with van der Waals surface area (Å²) in [6.45, 7) is 7.20. The van der Waals surface area contributed by atoms with Crippen LogP contribution in [0.5, 0.6) is 5.75 Å². The predicted octanol–water partition coefficient (Wildman–Crippen LogP) is 2.63. The number of nitrogens with zero attached hydrogens (tertiary/aromatic N) is 2. The largest absolute Gasteiger partial charge is 0.489 e. The van der Waals surface area contributed by atoms with Gasteiger partial charge in [0, 0.05) is 19.7 Å². The molecule has 1 unspecified atom stereocenters. The van der Waals surface area contributed by atoms with E-state index in [0.29, 0.717) is 12.3 Å². The SMILES string of the molecule is CCC(CNC(=NC)NCCCN1CCCC1)Oc1cccc(F)c1. The van der Waals surface area contributed by atoms with E-state index in [1.165, 1.54) is 38.1 Å². The van der Waals surface area contributed by atoms with Crippen molar-refractivity contribution in [2.24, 2.45) is 4.99 Å². The van der Waals surface area contributed by atoms with Crippen LogP contribution in [-0.2, 0) is 0 Å². The average molecular weight is 350 g/mol. The Hall–Kier alpha value is -1.82. The molecule has 0 aliphatic carbocycles. The highest BCUT2D eigenvalue weighted by Crippen LogP contribution is 2.14. The third kappa shape index (κ3) is 7.30. The van der Waals surface area contributed by atoms with E-state index in [4.69, 9.17) is 4.74 Å². The number of likely N-dealkylation sites (tertiary alicyclic amines) is 1. The lowest BCUT2D eigenvalue weighted by Gasteiger charge is -2.20. The van der Waals surface area contributed by atoms with Crippen LogP contribution in [0.15, 0.2) is 29.3 Å². The van der Waals surface area contributed by atoms with Crippen LogP contribution in [0.25, 0.3) is 0 Å². The van der Waals surface area contributed by atoms with Crippen molar-refractivity contribution in [1.29, 1.82) is 0 Å². The van der Waals surface area contributed by atoms with Crippen molar-refractivity contribution in [3.05, 3.63) is 30.1 Å². The van der Waals surface area contributed by atoms with Gasteiger partial charge in [0.05, 0.1) is 6.54 Å². The summed E-state index contributed by atoms with van der Waals surface area (Å²) in [6.07, 6.45) is 4.57. The molecule has 2 rings (SSSR count). The maximum Gasteiger partial charge on any atom is 0.191 e. The third-order valence-corrected chi connectivity index (χ3v) is 4.42. The molecular formula is C19H31FN4O. The fourth-order valence-electron chi connectivity index (χ4n) is 2.95. The maximum absolute atomic E-state index is 13.2. The number of hydrogen-bond donors (Lipinski definition) is 2. The molecule has 6 heteroatoms. The van der Waals surface area contributed by atoms with Crippen LogP contribution in [-0.4, -0.2) is 56.7 Å². The summed E-state index contributed by atoms with van der Waals surface area (Å²) in [5.41, 5.74) is 0. The van der Waals surface area contributed by atoms with Crippen LogP contribution >= 0.6 is 0 Å². The summed E-state index contributed by atoms with van der Waals surface area (Å²) < 4.78 is 19.1. The number of guanidine groups is 1. The Morgan fingerprint density at radius 1 is 1.32 bits per heavy atom. The van der Waals surface area contributed by atoms with Crippen LogP contribution in [0.4, 0.5) is 4.39 Å². The smallest absolute Gasteiger partial charge is 0.191 e. The van der Waals surface area contributed by atoms with Crippen LogP contribution in [0.2, 0.25) is 0 Å². The van der Waals surface area contributed by atoms with Gasteiger partial charge in [0.25, 0.3) is 0 Å². The molecule has 1 heterocycles. The summed E-state index contributed by atoms with van der Waals surface area (Å²) in [4.78, 5) is 6.76. The second-order valence-electron chi connectivity index (χ2n) is 6.39. The zero-order chi connectivity index (χ0) is 17.9. The molecule has 1 aromatic rings. The molecule has 0 saturated carbocycles. The number of nitrogens with one attached hydrogen (secondary N) is 2. The van der Waals surface area contributed by atoms with E-state index in [-0.39, 0.29) is 11.9 Å². The van der Waals surface area contributed by atoms with Gasteiger partial charge in [-0.2, -0.15) is 0 Å². The van der Waals surface area contributed by atoms with Crippen molar-refractivity contribution < 1.29 is 9.13 Å². The third-order valence-electron chi connectivity index (χ3n) is 4.42. The molecule has 1 aromatic carbocycles. The van der Waals surface area contributed by atoms with Gasteiger partial charge in [-0.25, -0.2) is 4.39 Å². The van der Waals surface area contributed by atoms with Gasteiger partial charge in [0.2, 0.25) is 0 Å². The van der Waals surface area contributed by atoms with Gasteiger partial charge < -0.3 is 20.3 Å². The normalized spacial score (nSPS) is 16.7. The molecule has 5 nitrogen and oxygen atoms in total. The summed E-state index contributed by atoms with van der Waals surface area (Å²) in [5, 5.41) is 6.63. The Balaban J connectivity index is 1.67. The van der Waals surface area contributed by atoms with Gasteiger partial charge in [0.1, 0.15) is 17.7 Å². The molecule has 1 aliphatic heterocycles. The Labute approximate surface area is 150 Å². The van der Waals surface area contributed by atoms with E-state index in [1.807, 2.05) is 0 Å². The first kappa shape index (κ1) is 19.5. The number of halogens is 1. The lowest BCUT2D eigenvalue weighted by Crippen LogP contribution is -2.43. The molecular weight excluding hydrogens is 319 g/mol. The Morgan fingerprint density at radius 2 is 2.12 bits per heavy atom. The van der Waals surface area contributed by atoms with Crippen molar-refractivity contribution >= 4 is 5.96 Å². The predicted molar refractivity (Wildman–Crippen MR) is 101 cm³/mol. The van der Waals surface area contributed by atoms with E-state index < -0.39 is 0 Å². The first-order valence-electron chi connectivity index (χ1n) is 9.30. The second-order valence-corrected chi connectivity index (χ2v) is 6.39. The van der Waals surface area contributed by atoms with Crippen LogP contribution < -0.4 is 15.4 Å². The standard InChI is InChI=1S/C19H31FN4O/c1-3-17(25-18-9-6-8-16(20)14-18)15-23-19(21-2)22-10-7-13-24-11-4-5-12-24/h6,8-9,14,17H,3-5,7,10-13,15H2,1-2H3,(H2,21,22,23). The van der Waals surface area contributed by atoms with Gasteiger partial charge >= 0.3 is 0 Å². The molecule has 1 saturated heterocycles. The molecule has 1 aliphatic rings. The molecule has 140 valence electrons. The molecule has 1 atom stereocenters. The number of hydrogen-bond acceptors (Lipinski definition) is 3. The highest BCUT2D eigenvalue weighted by Gasteiger charge is 2.11. The molecule has 0 amide bonds. The van der Waals surface area contributed by atoms with E-state index in [0.717, 1.165) is 31.9 Å². The Morgan fingerprint density at radius 3 is 2.80 bits per heavy atom. The number of ether oxygens (including phenoxy) is 1. The highest BCUT2D eigenvalue weighted by atomic mass is 19.1. The molecule has 0 bridgehead atoms. The number of aliphatic imine (C=N–C) groups is 1. The minimum absolute atomic E-state index is 0.0371. The molecule has 0 radical (unpaired) electrons. The number of benzene rings is 1. The first-order valence-corrected chi connectivity index (χ1v) is 9.30. The second kappa shape index (κ2) is 10.9. The lowest BCUT2D eigenvalue weighted by molar-refractivity contribution is 0.198. The zero-order valence-electron chi connectivity index (χ0n) is 15.4. The Kier molecular flexibility index (Phi) is 8.52. The van der Waals surface area contributed by atoms with Gasteiger partial charge in [-0.3, -0.25) is 4.99 Å². The van der Waals surface area contributed by atoms with Gasteiger partial charge in [-0.15, -0.1) is 0 Å². The summed E-state index contributed by atoms with van der Waals surface area (Å²) in [5.74, 6) is 1.06. The van der Waals surface area contributed by atoms with Crippen molar-refractivity contribution in [1.82, 2.24) is 15.5 Å². The zero-order valence-corrected chi connectivity index (χ0v) is 15.4. The van der Waals surface area contributed by atoms with Gasteiger partial charge in [-0.05, 0) is 57.5 Å². The minimum Gasteiger partial charge on any atom is -0.489 e. The van der Waals surface area contributed by atoms with Crippen LogP contribution in [0.3, 0.4) is 0 Å². The van der Waals surface area contributed by atoms with Crippen molar-refractivity contribution in [2.75, 3.05) is 39.8 Å². The number of rotatable bonds is 9. The van der Waals surface area contributed by atoms with Crippen molar-refractivity contribution in [3.63, 3.8) is 0 Å². The maximum atomic E-state index is 13.2.